The first-order chi connectivity index (χ1) is 35.2. The van der Waals surface area contributed by atoms with Crippen LogP contribution < -0.4 is 5.32 Å². The summed E-state index contributed by atoms with van der Waals surface area (Å²) in [5.74, 6) is -8.46. The van der Waals surface area contributed by atoms with Crippen molar-refractivity contribution < 1.29 is 77.2 Å². The summed E-state index contributed by atoms with van der Waals surface area (Å²) in [4.78, 5) is 84.4. The van der Waals surface area contributed by atoms with Gasteiger partial charge in [-0.05, 0) is 107 Å². The molecule has 0 unspecified atom stereocenters. The number of amides is 2. The number of cyclic esters (lactones) is 1. The highest BCUT2D eigenvalue weighted by atomic mass is 16.6. The lowest BCUT2D eigenvalue weighted by Crippen LogP contribution is -2.61. The zero-order chi connectivity index (χ0) is 54.7. The van der Waals surface area contributed by atoms with Crippen molar-refractivity contribution in [3.05, 3.63) is 47.6 Å². The number of hydrogen-bond acceptors (Lipinski definition) is 16. The molecule has 4 rings (SSSR count). The molecule has 2 saturated heterocycles. The Labute approximate surface area is 438 Å². The number of nitrogens with zero attached hydrogens (tertiary/aromatic N) is 1. The number of alkyl carbamates (subject to hydrolysis) is 1. The number of rotatable bonds is 12. The summed E-state index contributed by atoms with van der Waals surface area (Å²) in [7, 11) is 4.43. The Hall–Kier alpha value is -4.14. The average Bonchev–Trinajstić information content (AvgIpc) is 3.38. The molecule has 74 heavy (non-hydrogen) atoms. The third-order valence-corrected chi connectivity index (χ3v) is 15.4. The van der Waals surface area contributed by atoms with Crippen LogP contribution in [0, 0.1) is 35.5 Å². The first-order valence-corrected chi connectivity index (χ1v) is 26.8. The number of allylic oxidation sites excluding steroid dienone is 6. The molecule has 0 aromatic carbocycles. The number of Topliss-reactive ketones (excluding diaryl/α,β-unsaturated/α-hetero) is 3. The number of carbonyl (C=O) groups is 6. The summed E-state index contributed by atoms with van der Waals surface area (Å²) in [6, 6.07) is -1.19. The van der Waals surface area contributed by atoms with Gasteiger partial charge < -0.3 is 58.7 Å². The normalized spacial score (nSPS) is 35.7. The van der Waals surface area contributed by atoms with Crippen LogP contribution in [0.15, 0.2) is 47.6 Å². The number of aliphatic hydroxyl groups excluding tert-OH is 2. The summed E-state index contributed by atoms with van der Waals surface area (Å²) in [6.07, 6.45) is 10.2. The van der Waals surface area contributed by atoms with Gasteiger partial charge in [0.05, 0.1) is 44.2 Å². The molecule has 3 heterocycles. The Morgan fingerprint density at radius 1 is 0.878 bits per heavy atom. The van der Waals surface area contributed by atoms with Crippen LogP contribution in [-0.2, 0) is 57.1 Å². The van der Waals surface area contributed by atoms with Crippen LogP contribution in [0.25, 0.3) is 0 Å². The highest BCUT2D eigenvalue weighted by Crippen LogP contribution is 2.38. The van der Waals surface area contributed by atoms with Crippen LogP contribution >= 0.6 is 0 Å². The maximum Gasteiger partial charge on any atom is 0.406 e. The second-order valence-electron chi connectivity index (χ2n) is 21.2. The fraction of sp³-hybridized carbons (Fsp3) is 0.750. The molecule has 18 nitrogen and oxygen atoms in total. The van der Waals surface area contributed by atoms with Gasteiger partial charge in [0, 0.05) is 58.4 Å². The van der Waals surface area contributed by atoms with Crippen molar-refractivity contribution in [2.45, 2.75) is 180 Å². The van der Waals surface area contributed by atoms with Crippen molar-refractivity contribution in [3.8, 4) is 0 Å². The molecule has 4 N–H and O–H groups in total. The van der Waals surface area contributed by atoms with E-state index in [1.807, 2.05) is 51.2 Å². The number of ether oxygens (including phenoxy) is 7. The Morgan fingerprint density at radius 2 is 1.62 bits per heavy atom. The van der Waals surface area contributed by atoms with E-state index in [1.54, 1.807) is 40.9 Å². The first kappa shape index (κ1) is 62.4. The van der Waals surface area contributed by atoms with Crippen LogP contribution in [0.5, 0.6) is 0 Å². The van der Waals surface area contributed by atoms with Crippen molar-refractivity contribution in [1.29, 1.82) is 0 Å². The number of hydrogen-bond donors (Lipinski definition) is 4. The van der Waals surface area contributed by atoms with Gasteiger partial charge in [0.25, 0.3) is 11.7 Å². The SMILES string of the molecule is CNC(=O)OCCO[C@@H]1C[C@@H]2CC[C@@H](C)[C@@](O)(O2)C(=O)C(=O)N2CCCC[C@H]2C(=O)O[C@H]([C@H](C)C[C@@H]2CC[C@@H](OCCO)[C@H](OC)C2)CC(=O)[C@H](C)/C=C(\C)[C@@H](O)[C@@H](OC)C(=O)[C@H](C)C[C@H](C)/C=C/C=CC=C1C. The van der Waals surface area contributed by atoms with Gasteiger partial charge in [-0.25, -0.2) is 9.59 Å². The maximum atomic E-state index is 14.6. The summed E-state index contributed by atoms with van der Waals surface area (Å²) >= 11 is 0. The molecule has 1 saturated carbocycles. The standard InChI is InChI=1S/C56H88N2O16/c1-34-16-12-11-13-17-35(2)46(71-26-27-72-55(66)57-8)32-42-21-19-40(7)56(67,74-42)52(63)53(64)58-23-15-14-18-43(58)54(65)73-47(37(4)30-41-20-22-45(70-25-24-59)48(31-41)68-9)33-44(60)36(3)29-39(6)50(62)51(69-10)49(61)38(5)28-34/h11-13,16-17,29,34,36-38,40-43,45-48,50-51,59,62,67H,14-15,18-28,30-33H2,1-10H3,(H,57,66)/b13-11?,16-12+,35-17?,39-29+/t34-,36-,37-,38-,40-,41+,42+,43+,45-,46-,47+,48-,50-,51+,56-/m1/s1. The third-order valence-electron chi connectivity index (χ3n) is 15.4. The van der Waals surface area contributed by atoms with Crippen LogP contribution in [0.4, 0.5) is 4.79 Å². The number of fused-ring (bicyclic) bond motifs is 3. The predicted molar refractivity (Wildman–Crippen MR) is 275 cm³/mol. The third kappa shape index (κ3) is 17.7. The second-order valence-corrected chi connectivity index (χ2v) is 21.2. The van der Waals surface area contributed by atoms with Gasteiger partial charge in [0.1, 0.15) is 36.7 Å². The Balaban J connectivity index is 1.71. The average molecular weight is 1050 g/mol. The smallest absolute Gasteiger partial charge is 0.406 e. The fourth-order valence-corrected chi connectivity index (χ4v) is 10.8. The largest absolute Gasteiger partial charge is 0.460 e. The minimum Gasteiger partial charge on any atom is -0.460 e. The van der Waals surface area contributed by atoms with Gasteiger partial charge >= 0.3 is 12.1 Å². The number of ketones is 3. The van der Waals surface area contributed by atoms with E-state index in [9.17, 15) is 44.1 Å². The molecular formula is C56H88N2O16. The maximum absolute atomic E-state index is 14.6. The summed E-state index contributed by atoms with van der Waals surface area (Å²) in [5, 5.41) is 35.4. The lowest BCUT2D eigenvalue weighted by atomic mass is 9.78. The predicted octanol–water partition coefficient (Wildman–Crippen LogP) is 5.92. The Kier molecular flexibility index (Phi) is 25.8. The fourth-order valence-electron chi connectivity index (χ4n) is 10.8. The van der Waals surface area contributed by atoms with E-state index < -0.39 is 83.9 Å². The molecule has 0 aromatic heterocycles. The van der Waals surface area contributed by atoms with E-state index in [2.05, 4.69) is 5.32 Å². The number of esters is 1. The summed E-state index contributed by atoms with van der Waals surface area (Å²) in [6.45, 7) is 12.6. The molecule has 2 bridgehead atoms. The highest BCUT2D eigenvalue weighted by molar-refractivity contribution is 6.39. The van der Waals surface area contributed by atoms with Gasteiger partial charge in [-0.1, -0.05) is 71.1 Å². The molecule has 0 radical (unpaired) electrons. The van der Waals surface area contributed by atoms with E-state index >= 15 is 0 Å². The zero-order valence-electron chi connectivity index (χ0n) is 45.7. The molecule has 2 amide bonds. The molecule has 1 aliphatic carbocycles. The van der Waals surface area contributed by atoms with Crippen molar-refractivity contribution in [3.63, 3.8) is 0 Å². The van der Waals surface area contributed by atoms with Gasteiger partial charge in [-0.2, -0.15) is 0 Å². The molecule has 15 atom stereocenters. The molecule has 3 fully saturated rings. The van der Waals surface area contributed by atoms with Crippen LogP contribution in [0.2, 0.25) is 0 Å². The van der Waals surface area contributed by atoms with Crippen LogP contribution in [0.1, 0.15) is 126 Å². The van der Waals surface area contributed by atoms with Gasteiger partial charge in [0.15, 0.2) is 5.78 Å². The van der Waals surface area contributed by atoms with E-state index in [4.69, 9.17) is 33.2 Å². The number of nitrogens with one attached hydrogen (secondary N) is 1. The number of carbonyl (C=O) groups excluding carboxylic acids is 6. The van der Waals surface area contributed by atoms with E-state index in [-0.39, 0.29) is 93.8 Å². The van der Waals surface area contributed by atoms with Gasteiger partial charge in [-0.3, -0.25) is 19.2 Å². The minimum absolute atomic E-state index is 0.0268. The number of aliphatic hydroxyl groups is 3. The molecule has 18 heteroatoms. The summed E-state index contributed by atoms with van der Waals surface area (Å²) in [5.41, 5.74) is 1.13. The first-order valence-electron chi connectivity index (χ1n) is 26.8. The minimum atomic E-state index is -2.52. The van der Waals surface area contributed by atoms with E-state index in [1.165, 1.54) is 19.1 Å². The molecule has 0 aromatic rings. The van der Waals surface area contributed by atoms with Crippen LogP contribution in [0.3, 0.4) is 0 Å². The zero-order valence-corrected chi connectivity index (χ0v) is 45.7. The number of methoxy groups -OCH3 is 2. The lowest BCUT2D eigenvalue weighted by Gasteiger charge is -2.43. The second kappa shape index (κ2) is 30.6. The van der Waals surface area contributed by atoms with Gasteiger partial charge in [-0.15, -0.1) is 0 Å². The molecule has 4 aliphatic rings. The van der Waals surface area contributed by atoms with Crippen LogP contribution in [-0.4, -0.2) is 164 Å². The monoisotopic (exact) mass is 1040 g/mol. The van der Waals surface area contributed by atoms with E-state index in [0.29, 0.717) is 56.9 Å². The van der Waals surface area contributed by atoms with Gasteiger partial charge in [0.2, 0.25) is 5.79 Å². The molecular weight excluding hydrogens is 957 g/mol. The van der Waals surface area contributed by atoms with Crippen molar-refractivity contribution in [2.75, 3.05) is 54.2 Å². The lowest BCUT2D eigenvalue weighted by molar-refractivity contribution is -0.266. The van der Waals surface area contributed by atoms with Crippen molar-refractivity contribution in [1.82, 2.24) is 10.2 Å². The molecule has 418 valence electrons. The Bertz CT molecular complexity index is 1990. The highest BCUT2D eigenvalue weighted by Gasteiger charge is 2.53. The quantitative estimate of drug-likeness (QED) is 0.0767. The molecule has 3 aliphatic heterocycles. The summed E-state index contributed by atoms with van der Waals surface area (Å²) < 4.78 is 41.2. The van der Waals surface area contributed by atoms with Crippen molar-refractivity contribution >= 4 is 35.3 Å². The van der Waals surface area contributed by atoms with Crippen molar-refractivity contribution in [2.24, 2.45) is 35.5 Å². The Morgan fingerprint density at radius 3 is 2.31 bits per heavy atom. The molecule has 0 spiro atoms. The topological polar surface area (TPSA) is 243 Å². The van der Waals surface area contributed by atoms with E-state index in [0.717, 1.165) is 12.0 Å². The number of piperidine rings is 1.